The van der Waals surface area contributed by atoms with Gasteiger partial charge in [-0.1, -0.05) is 36.4 Å². The fourth-order valence-electron chi connectivity index (χ4n) is 2.16. The number of thiophene rings is 1. The lowest BCUT2D eigenvalue weighted by atomic mass is 10.1. The fraction of sp³-hybridized carbons (Fsp3) is 0.0588. The summed E-state index contributed by atoms with van der Waals surface area (Å²) in [6, 6.07) is 17.5. The lowest BCUT2D eigenvalue weighted by Crippen LogP contribution is -1.90. The Morgan fingerprint density at radius 3 is 2.50 bits per heavy atom. The van der Waals surface area contributed by atoms with Crippen molar-refractivity contribution in [3.63, 3.8) is 0 Å². The summed E-state index contributed by atoms with van der Waals surface area (Å²) < 4.78 is 0.968. The number of carbonyl (C=O) groups is 1. The van der Waals surface area contributed by atoms with Crippen molar-refractivity contribution in [2.75, 3.05) is 6.26 Å². The molecule has 1 N–H and O–H groups in total. The Balaban J connectivity index is 2.08. The van der Waals surface area contributed by atoms with Crippen molar-refractivity contribution >= 4 is 29.1 Å². The van der Waals surface area contributed by atoms with Crippen LogP contribution < -0.4 is 0 Å². The van der Waals surface area contributed by atoms with Crippen LogP contribution in [-0.2, 0) is 0 Å². The van der Waals surface area contributed by atoms with Crippen molar-refractivity contribution in [2.24, 2.45) is 0 Å². The maximum atomic E-state index is 11.2. The molecule has 2 heterocycles. The van der Waals surface area contributed by atoms with Crippen LogP contribution in [-0.4, -0.2) is 22.3 Å². The average Bonchev–Trinajstić information content (AvgIpc) is 3.00. The Bertz CT molecular complexity index is 813. The number of pyridine rings is 1. The van der Waals surface area contributed by atoms with Gasteiger partial charge in [0.25, 0.3) is 0 Å². The number of aromatic nitrogens is 1. The number of carboxylic acid groups (broad SMARTS) is 1. The van der Waals surface area contributed by atoms with Crippen LogP contribution in [0.1, 0.15) is 9.67 Å². The molecular weight excluding hydrogens is 314 g/mol. The van der Waals surface area contributed by atoms with Crippen LogP contribution in [0.25, 0.3) is 22.5 Å². The highest BCUT2D eigenvalue weighted by Crippen LogP contribution is 2.37. The number of hydrogen-bond donors (Lipinski definition) is 1. The molecule has 0 atom stereocenters. The van der Waals surface area contributed by atoms with E-state index in [4.69, 9.17) is 4.98 Å². The molecule has 22 heavy (non-hydrogen) atoms. The number of carboxylic acids is 1. The third-order valence-electron chi connectivity index (χ3n) is 3.19. The van der Waals surface area contributed by atoms with Crippen LogP contribution in [0.4, 0.5) is 0 Å². The minimum Gasteiger partial charge on any atom is -0.477 e. The van der Waals surface area contributed by atoms with Crippen LogP contribution in [0.15, 0.2) is 58.8 Å². The normalized spacial score (nSPS) is 10.6. The second-order valence-corrected chi connectivity index (χ2v) is 6.72. The van der Waals surface area contributed by atoms with E-state index in [0.29, 0.717) is 4.88 Å². The molecule has 3 rings (SSSR count). The zero-order valence-corrected chi connectivity index (χ0v) is 13.4. The molecule has 5 heteroatoms. The van der Waals surface area contributed by atoms with E-state index in [1.54, 1.807) is 17.8 Å². The molecule has 1 aromatic carbocycles. The summed E-state index contributed by atoms with van der Waals surface area (Å²) in [7, 11) is 0. The molecule has 0 amide bonds. The van der Waals surface area contributed by atoms with Gasteiger partial charge in [-0.25, -0.2) is 9.78 Å². The highest BCUT2D eigenvalue weighted by Gasteiger charge is 2.16. The lowest BCUT2D eigenvalue weighted by molar-refractivity contribution is 0.0702. The monoisotopic (exact) mass is 327 g/mol. The molecule has 0 aliphatic carbocycles. The van der Waals surface area contributed by atoms with Gasteiger partial charge in [0.2, 0.25) is 0 Å². The first-order chi connectivity index (χ1) is 10.7. The minimum atomic E-state index is -0.897. The molecule has 0 aliphatic heterocycles. The molecule has 110 valence electrons. The quantitative estimate of drug-likeness (QED) is 0.693. The first-order valence-electron chi connectivity index (χ1n) is 6.63. The number of hydrogen-bond acceptors (Lipinski definition) is 4. The number of nitrogens with zero attached hydrogens (tertiary/aromatic N) is 1. The van der Waals surface area contributed by atoms with Crippen molar-refractivity contribution in [1.29, 1.82) is 0 Å². The molecule has 0 saturated carbocycles. The lowest BCUT2D eigenvalue weighted by Gasteiger charge is -2.05. The average molecular weight is 327 g/mol. The van der Waals surface area contributed by atoms with E-state index in [2.05, 4.69) is 0 Å². The Labute approximate surface area is 136 Å². The summed E-state index contributed by atoms with van der Waals surface area (Å²) in [4.78, 5) is 16.2. The smallest absolute Gasteiger partial charge is 0.345 e. The van der Waals surface area contributed by atoms with Crippen LogP contribution in [0, 0.1) is 0 Å². The first kappa shape index (κ1) is 14.8. The van der Waals surface area contributed by atoms with Crippen LogP contribution in [0.5, 0.6) is 0 Å². The van der Waals surface area contributed by atoms with Gasteiger partial charge in [-0.05, 0) is 24.5 Å². The number of aromatic carboxylic acids is 1. The second-order valence-electron chi connectivity index (χ2n) is 4.60. The SMILES string of the molecule is CSc1sc(C(=O)O)cc1-c1cccc(-c2ccccc2)n1. The third-order valence-corrected chi connectivity index (χ3v) is 5.45. The van der Waals surface area contributed by atoms with Crippen molar-refractivity contribution in [3.8, 4) is 22.5 Å². The molecule has 0 bridgehead atoms. The largest absolute Gasteiger partial charge is 0.477 e. The van der Waals surface area contributed by atoms with Gasteiger partial charge >= 0.3 is 5.97 Å². The Morgan fingerprint density at radius 1 is 1.09 bits per heavy atom. The Morgan fingerprint density at radius 2 is 1.82 bits per heavy atom. The van der Waals surface area contributed by atoms with Gasteiger partial charge in [-0.2, -0.15) is 0 Å². The summed E-state index contributed by atoms with van der Waals surface area (Å²) in [5.41, 5.74) is 3.61. The molecule has 0 unspecified atom stereocenters. The van der Waals surface area contributed by atoms with Gasteiger partial charge in [0.1, 0.15) is 4.88 Å². The van der Waals surface area contributed by atoms with Crippen LogP contribution >= 0.6 is 23.1 Å². The van der Waals surface area contributed by atoms with E-state index < -0.39 is 5.97 Å². The topological polar surface area (TPSA) is 50.2 Å². The zero-order chi connectivity index (χ0) is 15.5. The van der Waals surface area contributed by atoms with E-state index in [1.807, 2.05) is 54.8 Å². The highest BCUT2D eigenvalue weighted by molar-refractivity contribution is 8.00. The summed E-state index contributed by atoms with van der Waals surface area (Å²) in [6.45, 7) is 0. The Hall–Kier alpha value is -2.11. The van der Waals surface area contributed by atoms with E-state index in [9.17, 15) is 9.90 Å². The predicted molar refractivity (Wildman–Crippen MR) is 91.7 cm³/mol. The van der Waals surface area contributed by atoms with Crippen LogP contribution in [0.3, 0.4) is 0 Å². The third kappa shape index (κ3) is 2.91. The molecular formula is C17H13NO2S2. The molecule has 0 saturated heterocycles. The molecule has 3 nitrogen and oxygen atoms in total. The minimum absolute atomic E-state index is 0.339. The van der Waals surface area contributed by atoms with E-state index in [-0.39, 0.29) is 0 Å². The van der Waals surface area contributed by atoms with E-state index >= 15 is 0 Å². The van der Waals surface area contributed by atoms with Gasteiger partial charge in [-0.3, -0.25) is 0 Å². The summed E-state index contributed by atoms with van der Waals surface area (Å²) in [5, 5.41) is 9.18. The number of benzene rings is 1. The molecule has 0 fully saturated rings. The molecule has 0 aliphatic rings. The summed E-state index contributed by atoms with van der Waals surface area (Å²) in [5.74, 6) is -0.897. The van der Waals surface area contributed by atoms with Crippen molar-refractivity contribution < 1.29 is 9.90 Å². The molecule has 0 radical (unpaired) electrons. The van der Waals surface area contributed by atoms with E-state index in [0.717, 1.165) is 26.7 Å². The summed E-state index contributed by atoms with van der Waals surface area (Å²) >= 11 is 2.83. The van der Waals surface area contributed by atoms with Crippen molar-refractivity contribution in [2.45, 2.75) is 4.21 Å². The number of rotatable bonds is 4. The van der Waals surface area contributed by atoms with Gasteiger partial charge in [0, 0.05) is 11.1 Å². The maximum Gasteiger partial charge on any atom is 0.345 e. The fourth-order valence-corrected chi connectivity index (χ4v) is 3.89. The standard InChI is InChI=1S/C17H13NO2S2/c1-21-17-12(10-15(22-17)16(19)20)14-9-5-8-13(18-14)11-6-3-2-4-7-11/h2-10H,1H3,(H,19,20). The summed E-state index contributed by atoms with van der Waals surface area (Å²) in [6.07, 6.45) is 1.95. The zero-order valence-electron chi connectivity index (χ0n) is 11.8. The van der Waals surface area contributed by atoms with Crippen LogP contribution in [0.2, 0.25) is 0 Å². The Kier molecular flexibility index (Phi) is 4.27. The molecule has 2 aromatic heterocycles. The van der Waals surface area contributed by atoms with Crippen molar-refractivity contribution in [3.05, 3.63) is 59.5 Å². The molecule has 0 spiro atoms. The van der Waals surface area contributed by atoms with Crippen molar-refractivity contribution in [1.82, 2.24) is 4.98 Å². The number of thioether (sulfide) groups is 1. The second kappa shape index (κ2) is 6.34. The molecule has 3 aromatic rings. The van der Waals surface area contributed by atoms with Gasteiger partial charge in [0.05, 0.1) is 15.6 Å². The predicted octanol–water partition coefficient (Wildman–Crippen LogP) is 4.90. The van der Waals surface area contributed by atoms with E-state index in [1.165, 1.54) is 11.3 Å². The maximum absolute atomic E-state index is 11.2. The van der Waals surface area contributed by atoms with Gasteiger partial charge in [0.15, 0.2) is 0 Å². The first-order valence-corrected chi connectivity index (χ1v) is 8.67. The van der Waals surface area contributed by atoms with Gasteiger partial charge in [-0.15, -0.1) is 23.1 Å². The van der Waals surface area contributed by atoms with Gasteiger partial charge < -0.3 is 5.11 Å². The highest BCUT2D eigenvalue weighted by atomic mass is 32.2.